The van der Waals surface area contributed by atoms with Crippen LogP contribution in [0.25, 0.3) is 0 Å². The standard InChI is InChI=1S/C14H16FN3O/c1-2-12(16)7-10-8-17-14(18-9-10)19-13-5-3-11(15)4-6-13/h3-6,8-9,12H,2,7,16H2,1H3. The lowest BCUT2D eigenvalue weighted by molar-refractivity contribution is 0.439. The van der Waals surface area contributed by atoms with Gasteiger partial charge in [-0.2, -0.15) is 0 Å². The van der Waals surface area contributed by atoms with Crippen molar-refractivity contribution >= 4 is 0 Å². The number of rotatable bonds is 5. The van der Waals surface area contributed by atoms with Gasteiger partial charge in [-0.1, -0.05) is 6.92 Å². The molecule has 0 spiro atoms. The molecule has 2 N–H and O–H groups in total. The second-order valence-electron chi connectivity index (χ2n) is 4.30. The summed E-state index contributed by atoms with van der Waals surface area (Å²) in [4.78, 5) is 8.20. The molecule has 0 saturated carbocycles. The lowest BCUT2D eigenvalue weighted by Gasteiger charge is -2.08. The number of ether oxygens (including phenoxy) is 1. The van der Waals surface area contributed by atoms with Crippen LogP contribution >= 0.6 is 0 Å². The van der Waals surface area contributed by atoms with Gasteiger partial charge in [-0.3, -0.25) is 0 Å². The van der Waals surface area contributed by atoms with E-state index in [1.54, 1.807) is 12.4 Å². The van der Waals surface area contributed by atoms with Crippen molar-refractivity contribution in [2.75, 3.05) is 0 Å². The van der Waals surface area contributed by atoms with Crippen LogP contribution in [-0.2, 0) is 6.42 Å². The van der Waals surface area contributed by atoms with Crippen molar-refractivity contribution in [2.45, 2.75) is 25.8 Å². The molecule has 0 aliphatic carbocycles. The van der Waals surface area contributed by atoms with Crippen LogP contribution in [-0.4, -0.2) is 16.0 Å². The molecule has 1 aromatic heterocycles. The molecule has 1 heterocycles. The third-order valence-electron chi connectivity index (χ3n) is 2.73. The number of nitrogens with two attached hydrogens (primary N) is 1. The van der Waals surface area contributed by atoms with E-state index in [9.17, 15) is 4.39 Å². The Hall–Kier alpha value is -2.01. The second-order valence-corrected chi connectivity index (χ2v) is 4.30. The van der Waals surface area contributed by atoms with Crippen molar-refractivity contribution in [3.05, 3.63) is 48.0 Å². The monoisotopic (exact) mass is 261 g/mol. The first kappa shape index (κ1) is 13.4. The topological polar surface area (TPSA) is 61.0 Å². The fraction of sp³-hybridized carbons (Fsp3) is 0.286. The summed E-state index contributed by atoms with van der Waals surface area (Å²) in [6, 6.07) is 6.06. The molecule has 0 amide bonds. The third-order valence-corrected chi connectivity index (χ3v) is 2.73. The quantitative estimate of drug-likeness (QED) is 0.899. The molecular formula is C14H16FN3O. The first-order valence-electron chi connectivity index (χ1n) is 6.17. The minimum absolute atomic E-state index is 0.118. The van der Waals surface area contributed by atoms with Crippen molar-refractivity contribution < 1.29 is 9.13 Å². The van der Waals surface area contributed by atoms with Gasteiger partial charge in [0.1, 0.15) is 11.6 Å². The van der Waals surface area contributed by atoms with Crippen molar-refractivity contribution in [3.63, 3.8) is 0 Å². The first-order valence-corrected chi connectivity index (χ1v) is 6.17. The van der Waals surface area contributed by atoms with Crippen LogP contribution in [0.3, 0.4) is 0 Å². The minimum Gasteiger partial charge on any atom is -0.424 e. The highest BCUT2D eigenvalue weighted by atomic mass is 19.1. The fourth-order valence-corrected chi connectivity index (χ4v) is 1.56. The van der Waals surface area contributed by atoms with Gasteiger partial charge in [0.05, 0.1) is 0 Å². The predicted molar refractivity (Wildman–Crippen MR) is 70.5 cm³/mol. The molecular weight excluding hydrogens is 245 g/mol. The van der Waals surface area contributed by atoms with Gasteiger partial charge in [0, 0.05) is 18.4 Å². The van der Waals surface area contributed by atoms with Crippen LogP contribution in [0, 0.1) is 5.82 Å². The van der Waals surface area contributed by atoms with Crippen molar-refractivity contribution in [2.24, 2.45) is 5.73 Å². The molecule has 19 heavy (non-hydrogen) atoms. The van der Waals surface area contributed by atoms with Crippen LogP contribution in [0.15, 0.2) is 36.7 Å². The summed E-state index contributed by atoms with van der Waals surface area (Å²) in [5.41, 5.74) is 6.83. The molecule has 0 aliphatic rings. The molecule has 0 radical (unpaired) electrons. The second kappa shape index (κ2) is 6.24. The van der Waals surface area contributed by atoms with Gasteiger partial charge in [-0.05, 0) is 42.7 Å². The largest absolute Gasteiger partial charge is 0.424 e. The van der Waals surface area contributed by atoms with Crippen LogP contribution in [0.1, 0.15) is 18.9 Å². The Kier molecular flexibility index (Phi) is 4.41. The zero-order chi connectivity index (χ0) is 13.7. The molecule has 5 heteroatoms. The van der Waals surface area contributed by atoms with Gasteiger partial charge in [-0.25, -0.2) is 14.4 Å². The molecule has 1 atom stereocenters. The highest BCUT2D eigenvalue weighted by molar-refractivity contribution is 5.25. The average Bonchev–Trinajstić information content (AvgIpc) is 2.43. The van der Waals surface area contributed by atoms with Gasteiger partial charge in [0.2, 0.25) is 0 Å². The van der Waals surface area contributed by atoms with Gasteiger partial charge in [0.15, 0.2) is 0 Å². The van der Waals surface area contributed by atoms with Gasteiger partial charge < -0.3 is 10.5 Å². The number of halogens is 1. The highest BCUT2D eigenvalue weighted by Crippen LogP contribution is 2.17. The molecule has 2 rings (SSSR count). The Bertz CT molecular complexity index is 513. The van der Waals surface area contributed by atoms with Crippen LogP contribution in [0.5, 0.6) is 11.8 Å². The van der Waals surface area contributed by atoms with Crippen LogP contribution in [0.2, 0.25) is 0 Å². The number of nitrogens with zero attached hydrogens (tertiary/aromatic N) is 2. The third kappa shape index (κ3) is 3.99. The smallest absolute Gasteiger partial charge is 0.321 e. The molecule has 100 valence electrons. The molecule has 0 saturated heterocycles. The number of hydrogen-bond acceptors (Lipinski definition) is 4. The van der Waals surface area contributed by atoms with E-state index in [2.05, 4.69) is 9.97 Å². The molecule has 4 nitrogen and oxygen atoms in total. The average molecular weight is 261 g/mol. The summed E-state index contributed by atoms with van der Waals surface area (Å²) in [5, 5.41) is 0. The Morgan fingerprint density at radius 2 is 1.84 bits per heavy atom. The molecule has 2 aromatic rings. The van der Waals surface area contributed by atoms with E-state index in [1.165, 1.54) is 24.3 Å². The zero-order valence-corrected chi connectivity index (χ0v) is 10.7. The number of benzene rings is 1. The van der Waals surface area contributed by atoms with Gasteiger partial charge >= 0.3 is 6.01 Å². The Labute approximate surface area is 111 Å². The SMILES string of the molecule is CCC(N)Cc1cnc(Oc2ccc(F)cc2)nc1. The maximum absolute atomic E-state index is 12.7. The predicted octanol–water partition coefficient (Wildman–Crippen LogP) is 2.69. The summed E-state index contributed by atoms with van der Waals surface area (Å²) in [6.07, 6.45) is 5.05. The van der Waals surface area contributed by atoms with E-state index in [0.29, 0.717) is 5.75 Å². The van der Waals surface area contributed by atoms with Gasteiger partial charge in [0.25, 0.3) is 0 Å². The maximum atomic E-state index is 12.7. The molecule has 0 aliphatic heterocycles. The summed E-state index contributed by atoms with van der Waals surface area (Å²) >= 11 is 0. The number of aromatic nitrogens is 2. The molecule has 0 bridgehead atoms. The van der Waals surface area contributed by atoms with E-state index in [0.717, 1.165) is 18.4 Å². The number of hydrogen-bond donors (Lipinski definition) is 1. The summed E-state index contributed by atoms with van der Waals surface area (Å²) in [5.74, 6) is 0.191. The van der Waals surface area contributed by atoms with Crippen LogP contribution in [0.4, 0.5) is 4.39 Å². The van der Waals surface area contributed by atoms with Crippen molar-refractivity contribution in [1.82, 2.24) is 9.97 Å². The lowest BCUT2D eigenvalue weighted by Crippen LogP contribution is -2.21. The maximum Gasteiger partial charge on any atom is 0.321 e. The van der Waals surface area contributed by atoms with E-state index in [4.69, 9.17) is 10.5 Å². The van der Waals surface area contributed by atoms with E-state index < -0.39 is 0 Å². The summed E-state index contributed by atoms with van der Waals surface area (Å²) < 4.78 is 18.1. The van der Waals surface area contributed by atoms with Crippen LogP contribution < -0.4 is 10.5 Å². The zero-order valence-electron chi connectivity index (χ0n) is 10.7. The molecule has 0 fully saturated rings. The summed E-state index contributed by atoms with van der Waals surface area (Å²) in [6.45, 7) is 2.04. The first-order chi connectivity index (χ1) is 9.17. The Balaban J connectivity index is 2.00. The van der Waals surface area contributed by atoms with Crippen molar-refractivity contribution in [1.29, 1.82) is 0 Å². The minimum atomic E-state index is -0.308. The Morgan fingerprint density at radius 1 is 1.21 bits per heavy atom. The molecule has 1 unspecified atom stereocenters. The lowest BCUT2D eigenvalue weighted by atomic mass is 10.1. The fourth-order valence-electron chi connectivity index (χ4n) is 1.56. The molecule has 1 aromatic carbocycles. The normalized spacial score (nSPS) is 12.2. The van der Waals surface area contributed by atoms with E-state index in [1.807, 2.05) is 6.92 Å². The van der Waals surface area contributed by atoms with Gasteiger partial charge in [-0.15, -0.1) is 0 Å². The summed E-state index contributed by atoms with van der Waals surface area (Å²) in [7, 11) is 0. The van der Waals surface area contributed by atoms with Crippen molar-refractivity contribution in [3.8, 4) is 11.8 Å². The highest BCUT2D eigenvalue weighted by Gasteiger charge is 2.04. The Morgan fingerprint density at radius 3 is 2.42 bits per heavy atom. The van der Waals surface area contributed by atoms with E-state index >= 15 is 0 Å². The van der Waals surface area contributed by atoms with E-state index in [-0.39, 0.29) is 17.9 Å².